The molecule has 8 nitrogen and oxygen atoms in total. The molecule has 1 aliphatic heterocycles. The van der Waals surface area contributed by atoms with Gasteiger partial charge in [0, 0.05) is 24.7 Å². The van der Waals surface area contributed by atoms with Crippen molar-refractivity contribution in [2.75, 3.05) is 5.43 Å². The van der Waals surface area contributed by atoms with Crippen LogP contribution in [0.4, 0.5) is 32.2 Å². The third kappa shape index (κ3) is 5.91. The fourth-order valence-electron chi connectivity index (χ4n) is 2.40. The number of alkyl halides is 6. The van der Waals surface area contributed by atoms with Crippen LogP contribution in [0.2, 0.25) is 0 Å². The van der Waals surface area contributed by atoms with Crippen LogP contribution in [-0.4, -0.2) is 27.2 Å². The Morgan fingerprint density at radius 3 is 2.32 bits per heavy atom. The van der Waals surface area contributed by atoms with Gasteiger partial charge in [-0.2, -0.15) is 26.3 Å². The van der Waals surface area contributed by atoms with Crippen molar-refractivity contribution in [1.29, 1.82) is 0 Å². The monoisotopic (exact) mass is 445 g/mol. The summed E-state index contributed by atoms with van der Waals surface area (Å²) in [4.78, 5) is 23.3. The predicted molar refractivity (Wildman–Crippen MR) is 95.6 cm³/mol. The summed E-state index contributed by atoms with van der Waals surface area (Å²) in [5.41, 5.74) is 4.10. The van der Waals surface area contributed by atoms with E-state index in [2.05, 4.69) is 31.2 Å². The normalized spacial score (nSPS) is 16.7. The number of rotatable bonds is 5. The Hall–Kier alpha value is -3.68. The summed E-state index contributed by atoms with van der Waals surface area (Å²) in [6.07, 6.45) is -3.64. The van der Waals surface area contributed by atoms with Crippen molar-refractivity contribution >= 4 is 18.1 Å². The molecule has 1 unspecified atom stereocenters. The Kier molecular flexibility index (Phi) is 6.10. The SMILES string of the molecule is O=C(/C=C/N1C=NC(c2cc(C(F)(F)F)cc(C(F)(F)F)c2)N1)NNc1cnccn1. The Morgan fingerprint density at radius 2 is 1.74 bits per heavy atom. The third-order valence-electron chi connectivity index (χ3n) is 3.80. The van der Waals surface area contributed by atoms with Crippen molar-refractivity contribution in [2.24, 2.45) is 4.99 Å². The number of aliphatic imine (C=N–C) groups is 1. The molecule has 0 aliphatic carbocycles. The van der Waals surface area contributed by atoms with Crippen molar-refractivity contribution in [3.8, 4) is 0 Å². The highest BCUT2D eigenvalue weighted by molar-refractivity contribution is 5.88. The standard InChI is InChI=1S/C17H13F6N7O/c18-16(19,20)11-5-10(6-12(7-11)17(21,22)23)15-26-9-30(29-15)4-1-14(31)28-27-13-8-24-2-3-25-13/h1-9,15,29H,(H,25,27)(H,28,31)/b4-1+. The lowest BCUT2D eigenvalue weighted by Gasteiger charge is -2.18. The second-order valence-electron chi connectivity index (χ2n) is 6.06. The maximum Gasteiger partial charge on any atom is 0.416 e. The summed E-state index contributed by atoms with van der Waals surface area (Å²) >= 11 is 0. The fourth-order valence-corrected chi connectivity index (χ4v) is 2.40. The molecule has 1 amide bonds. The average molecular weight is 445 g/mol. The van der Waals surface area contributed by atoms with E-state index in [1.807, 2.05) is 0 Å². The minimum Gasteiger partial charge on any atom is -0.280 e. The highest BCUT2D eigenvalue weighted by Crippen LogP contribution is 2.37. The van der Waals surface area contributed by atoms with Crippen LogP contribution in [0.3, 0.4) is 0 Å². The number of hydrazine groups is 2. The maximum absolute atomic E-state index is 13.0. The number of hydrogen-bond donors (Lipinski definition) is 3. The summed E-state index contributed by atoms with van der Waals surface area (Å²) < 4.78 is 78.0. The smallest absolute Gasteiger partial charge is 0.280 e. The van der Waals surface area contributed by atoms with Gasteiger partial charge in [-0.3, -0.25) is 25.6 Å². The second kappa shape index (κ2) is 8.59. The Bertz CT molecular complexity index is 958. The predicted octanol–water partition coefficient (Wildman–Crippen LogP) is 3.02. The highest BCUT2D eigenvalue weighted by atomic mass is 19.4. The van der Waals surface area contributed by atoms with E-state index in [-0.39, 0.29) is 17.4 Å². The van der Waals surface area contributed by atoms with Gasteiger partial charge in [0.05, 0.1) is 17.3 Å². The first-order valence-electron chi connectivity index (χ1n) is 8.40. The maximum atomic E-state index is 13.0. The zero-order valence-corrected chi connectivity index (χ0v) is 15.2. The fraction of sp³-hybridized carbons (Fsp3) is 0.176. The Labute approximate surface area is 170 Å². The van der Waals surface area contributed by atoms with Crippen LogP contribution in [0, 0.1) is 0 Å². The van der Waals surface area contributed by atoms with Gasteiger partial charge in [-0.25, -0.2) is 15.4 Å². The molecule has 0 saturated carbocycles. The first-order chi connectivity index (χ1) is 14.5. The van der Waals surface area contributed by atoms with Crippen LogP contribution in [0.1, 0.15) is 22.9 Å². The minimum atomic E-state index is -4.97. The van der Waals surface area contributed by atoms with Gasteiger partial charge in [0.15, 0.2) is 5.82 Å². The molecule has 0 bridgehead atoms. The molecular formula is C17H13F6N7O. The first-order valence-corrected chi connectivity index (χ1v) is 8.40. The van der Waals surface area contributed by atoms with Crippen LogP contribution in [0.5, 0.6) is 0 Å². The van der Waals surface area contributed by atoms with E-state index in [0.717, 1.165) is 17.4 Å². The third-order valence-corrected chi connectivity index (χ3v) is 3.80. The van der Waals surface area contributed by atoms with Crippen molar-refractivity contribution < 1.29 is 31.1 Å². The van der Waals surface area contributed by atoms with E-state index >= 15 is 0 Å². The molecule has 0 saturated heterocycles. The molecule has 164 valence electrons. The summed E-state index contributed by atoms with van der Waals surface area (Å²) in [5.74, 6) is -0.349. The van der Waals surface area contributed by atoms with Gasteiger partial charge in [0.1, 0.15) is 12.5 Å². The van der Waals surface area contributed by atoms with Crippen LogP contribution in [-0.2, 0) is 17.1 Å². The van der Waals surface area contributed by atoms with E-state index in [4.69, 9.17) is 0 Å². The number of halogens is 6. The van der Waals surface area contributed by atoms with E-state index < -0.39 is 35.6 Å². The largest absolute Gasteiger partial charge is 0.416 e. The quantitative estimate of drug-likeness (QED) is 0.372. The highest BCUT2D eigenvalue weighted by Gasteiger charge is 2.37. The number of nitrogens with zero attached hydrogens (tertiary/aromatic N) is 4. The zero-order valence-electron chi connectivity index (χ0n) is 15.2. The number of carbonyl (C=O) groups is 1. The number of benzene rings is 1. The van der Waals surface area contributed by atoms with Gasteiger partial charge in [-0.05, 0) is 23.8 Å². The molecule has 3 N–H and O–H groups in total. The summed E-state index contributed by atoms with van der Waals surface area (Å²) in [5, 5.41) is 1.11. The molecule has 31 heavy (non-hydrogen) atoms. The number of anilines is 1. The number of hydrogen-bond acceptors (Lipinski definition) is 7. The van der Waals surface area contributed by atoms with Crippen LogP contribution in [0.25, 0.3) is 0 Å². The van der Waals surface area contributed by atoms with Crippen molar-refractivity contribution in [3.05, 3.63) is 65.8 Å². The molecule has 1 atom stereocenters. The lowest BCUT2D eigenvalue weighted by Crippen LogP contribution is -2.31. The van der Waals surface area contributed by atoms with Crippen molar-refractivity contribution in [3.63, 3.8) is 0 Å². The van der Waals surface area contributed by atoms with Gasteiger partial charge < -0.3 is 0 Å². The molecule has 0 radical (unpaired) electrons. The molecule has 1 aliphatic rings. The zero-order chi connectivity index (χ0) is 22.6. The van der Waals surface area contributed by atoms with E-state index in [1.165, 1.54) is 24.8 Å². The van der Waals surface area contributed by atoms with Crippen LogP contribution >= 0.6 is 0 Å². The van der Waals surface area contributed by atoms with Crippen molar-refractivity contribution in [1.82, 2.24) is 25.8 Å². The molecule has 3 rings (SSSR count). The van der Waals surface area contributed by atoms with E-state index in [0.29, 0.717) is 12.1 Å². The van der Waals surface area contributed by atoms with E-state index in [9.17, 15) is 31.1 Å². The molecule has 0 spiro atoms. The lowest BCUT2D eigenvalue weighted by molar-refractivity contribution is -0.143. The number of amides is 1. The van der Waals surface area contributed by atoms with Crippen LogP contribution < -0.4 is 16.3 Å². The van der Waals surface area contributed by atoms with Gasteiger partial charge in [-0.1, -0.05) is 0 Å². The van der Waals surface area contributed by atoms with Gasteiger partial charge in [-0.15, -0.1) is 0 Å². The molecule has 1 aromatic heterocycles. The number of nitrogens with one attached hydrogen (secondary N) is 3. The van der Waals surface area contributed by atoms with Gasteiger partial charge >= 0.3 is 12.4 Å². The average Bonchev–Trinajstić information content (AvgIpc) is 3.19. The number of aromatic nitrogens is 2. The van der Waals surface area contributed by atoms with Gasteiger partial charge in [0.25, 0.3) is 5.91 Å². The molecule has 0 fully saturated rings. The lowest BCUT2D eigenvalue weighted by atomic mass is 10.0. The van der Waals surface area contributed by atoms with E-state index in [1.54, 1.807) is 0 Å². The second-order valence-corrected chi connectivity index (χ2v) is 6.06. The van der Waals surface area contributed by atoms with Crippen molar-refractivity contribution in [2.45, 2.75) is 18.5 Å². The number of carbonyl (C=O) groups excluding carboxylic acids is 1. The summed E-state index contributed by atoms with van der Waals surface area (Å²) in [6.45, 7) is 0. The molecular weight excluding hydrogens is 432 g/mol. The Morgan fingerprint density at radius 1 is 1.06 bits per heavy atom. The Balaban J connectivity index is 1.66. The molecule has 1 aromatic carbocycles. The summed E-state index contributed by atoms with van der Waals surface area (Å²) in [7, 11) is 0. The van der Waals surface area contributed by atoms with Gasteiger partial charge in [0.2, 0.25) is 0 Å². The summed E-state index contributed by atoms with van der Waals surface area (Å²) in [6, 6.07) is 1.19. The minimum absolute atomic E-state index is 0.0360. The molecule has 14 heteroatoms. The molecule has 2 heterocycles. The first kappa shape index (κ1) is 22.0. The molecule has 2 aromatic rings. The topological polar surface area (TPSA) is 94.5 Å². The van der Waals surface area contributed by atoms with Crippen LogP contribution in [0.15, 0.2) is 54.1 Å².